The van der Waals surface area contributed by atoms with Crippen molar-refractivity contribution in [3.8, 4) is 0 Å². The van der Waals surface area contributed by atoms with Crippen LogP contribution in [0.5, 0.6) is 0 Å². The van der Waals surface area contributed by atoms with Crippen molar-refractivity contribution < 1.29 is 14.4 Å². The van der Waals surface area contributed by atoms with Crippen LogP contribution in [0.4, 0.5) is 0 Å². The zero-order valence-corrected chi connectivity index (χ0v) is 14.4. The van der Waals surface area contributed by atoms with E-state index in [2.05, 4.69) is 5.10 Å². The molecule has 1 aliphatic rings. The van der Waals surface area contributed by atoms with E-state index in [0.717, 1.165) is 10.3 Å². The highest BCUT2D eigenvalue weighted by Crippen LogP contribution is 2.28. The maximum absolute atomic E-state index is 13.1. The minimum absolute atomic E-state index is 0.253. The SMILES string of the molecule is CC(C)C(C(=O)n1cc2ccccc2n1)N1C(=O)c2ccccc2C1=O. The van der Waals surface area contributed by atoms with Crippen LogP contribution < -0.4 is 0 Å². The van der Waals surface area contributed by atoms with Gasteiger partial charge in [0.15, 0.2) is 0 Å². The van der Waals surface area contributed by atoms with Gasteiger partial charge in [-0.15, -0.1) is 0 Å². The Balaban J connectivity index is 1.76. The number of rotatable bonds is 3. The number of fused-ring (bicyclic) bond motifs is 2. The highest BCUT2D eigenvalue weighted by atomic mass is 16.2. The molecule has 0 saturated carbocycles. The van der Waals surface area contributed by atoms with Crippen LogP contribution in [-0.2, 0) is 0 Å². The third-order valence-corrected chi connectivity index (χ3v) is 4.63. The molecule has 2 aromatic carbocycles. The van der Waals surface area contributed by atoms with Crippen LogP contribution in [0.2, 0.25) is 0 Å². The molecular formula is C20H17N3O3. The first-order valence-electron chi connectivity index (χ1n) is 8.44. The molecule has 1 aliphatic heterocycles. The van der Waals surface area contributed by atoms with E-state index in [-0.39, 0.29) is 5.92 Å². The summed E-state index contributed by atoms with van der Waals surface area (Å²) in [6.07, 6.45) is 1.63. The highest BCUT2D eigenvalue weighted by Gasteiger charge is 2.44. The van der Waals surface area contributed by atoms with Gasteiger partial charge in [0.25, 0.3) is 17.7 Å². The first kappa shape index (κ1) is 16.2. The average molecular weight is 347 g/mol. The zero-order chi connectivity index (χ0) is 18.4. The standard InChI is InChI=1S/C20H17N3O3/c1-12(2)17(20(26)22-11-13-7-3-6-10-16(13)21-22)23-18(24)14-8-4-5-9-15(14)19(23)25/h3-12,17H,1-2H3. The molecule has 0 N–H and O–H groups in total. The number of amides is 2. The van der Waals surface area contributed by atoms with Crippen molar-refractivity contribution >= 4 is 28.6 Å². The van der Waals surface area contributed by atoms with E-state index in [9.17, 15) is 14.4 Å². The second-order valence-corrected chi connectivity index (χ2v) is 6.69. The van der Waals surface area contributed by atoms with E-state index < -0.39 is 23.8 Å². The fourth-order valence-electron chi connectivity index (χ4n) is 3.37. The second-order valence-electron chi connectivity index (χ2n) is 6.69. The van der Waals surface area contributed by atoms with Crippen LogP contribution in [0.1, 0.15) is 39.4 Å². The monoisotopic (exact) mass is 347 g/mol. The lowest BCUT2D eigenvalue weighted by Crippen LogP contribution is -2.49. The van der Waals surface area contributed by atoms with Gasteiger partial charge in [0.05, 0.1) is 16.6 Å². The number of imide groups is 1. The van der Waals surface area contributed by atoms with Crippen molar-refractivity contribution in [2.45, 2.75) is 19.9 Å². The molecule has 1 atom stereocenters. The van der Waals surface area contributed by atoms with Crippen molar-refractivity contribution in [3.05, 3.63) is 65.9 Å². The fraction of sp³-hybridized carbons (Fsp3) is 0.200. The van der Waals surface area contributed by atoms with Gasteiger partial charge >= 0.3 is 0 Å². The molecule has 0 fully saturated rings. The van der Waals surface area contributed by atoms with Crippen LogP contribution in [-0.4, -0.2) is 38.4 Å². The first-order chi connectivity index (χ1) is 12.5. The Hall–Kier alpha value is -3.28. The van der Waals surface area contributed by atoms with Crippen LogP contribution in [0.3, 0.4) is 0 Å². The summed E-state index contributed by atoms with van der Waals surface area (Å²) in [5.74, 6) is -1.52. The van der Waals surface area contributed by atoms with E-state index in [1.54, 1.807) is 30.5 Å². The van der Waals surface area contributed by atoms with E-state index in [4.69, 9.17) is 0 Å². The van der Waals surface area contributed by atoms with Crippen molar-refractivity contribution in [3.63, 3.8) is 0 Å². The Kier molecular flexibility index (Phi) is 3.68. The fourth-order valence-corrected chi connectivity index (χ4v) is 3.37. The van der Waals surface area contributed by atoms with Gasteiger partial charge in [-0.05, 0) is 24.1 Å². The van der Waals surface area contributed by atoms with Gasteiger partial charge in [-0.1, -0.05) is 44.2 Å². The Morgan fingerprint density at radius 3 is 2.08 bits per heavy atom. The van der Waals surface area contributed by atoms with Crippen molar-refractivity contribution in [2.75, 3.05) is 0 Å². The number of benzene rings is 2. The second kappa shape index (κ2) is 5.91. The molecule has 6 heteroatoms. The minimum Gasteiger partial charge on any atom is -0.270 e. The molecule has 0 spiro atoms. The van der Waals surface area contributed by atoms with Crippen LogP contribution in [0, 0.1) is 5.92 Å². The van der Waals surface area contributed by atoms with Gasteiger partial charge in [-0.25, -0.2) is 4.68 Å². The van der Waals surface area contributed by atoms with Crippen LogP contribution >= 0.6 is 0 Å². The molecule has 26 heavy (non-hydrogen) atoms. The molecular weight excluding hydrogens is 330 g/mol. The lowest BCUT2D eigenvalue weighted by molar-refractivity contribution is 0.0459. The summed E-state index contributed by atoms with van der Waals surface area (Å²) in [5.41, 5.74) is 1.36. The van der Waals surface area contributed by atoms with Crippen LogP contribution in [0.25, 0.3) is 10.9 Å². The van der Waals surface area contributed by atoms with Gasteiger partial charge < -0.3 is 0 Å². The van der Waals surface area contributed by atoms with Crippen LogP contribution in [0.15, 0.2) is 54.7 Å². The molecule has 130 valence electrons. The Labute approximate surface area is 150 Å². The summed E-state index contributed by atoms with van der Waals surface area (Å²) in [4.78, 5) is 39.8. The molecule has 2 amide bonds. The number of nitrogens with zero attached hydrogens (tertiary/aromatic N) is 3. The summed E-state index contributed by atoms with van der Waals surface area (Å²) in [6, 6.07) is 13.1. The van der Waals surface area contributed by atoms with Gasteiger partial charge in [-0.3, -0.25) is 19.3 Å². The normalized spacial score (nSPS) is 15.0. The van der Waals surface area contributed by atoms with Crippen molar-refractivity contribution in [1.82, 2.24) is 14.7 Å². The summed E-state index contributed by atoms with van der Waals surface area (Å²) in [5, 5.41) is 5.13. The first-order valence-corrected chi connectivity index (χ1v) is 8.44. The molecule has 0 bridgehead atoms. The third-order valence-electron chi connectivity index (χ3n) is 4.63. The number of hydrogen-bond acceptors (Lipinski definition) is 4. The topological polar surface area (TPSA) is 72.3 Å². The van der Waals surface area contributed by atoms with E-state index >= 15 is 0 Å². The third kappa shape index (κ3) is 2.34. The molecule has 1 aromatic heterocycles. The van der Waals surface area contributed by atoms with Crippen molar-refractivity contribution in [1.29, 1.82) is 0 Å². The molecule has 4 rings (SSSR count). The summed E-state index contributed by atoms with van der Waals surface area (Å²) >= 11 is 0. The predicted octanol–water partition coefficient (Wildman–Crippen LogP) is 3.00. The molecule has 0 radical (unpaired) electrons. The van der Waals surface area contributed by atoms with E-state index in [1.165, 1.54) is 4.68 Å². The maximum Gasteiger partial charge on any atom is 0.270 e. The molecule has 3 aromatic rings. The zero-order valence-electron chi connectivity index (χ0n) is 14.4. The molecule has 6 nitrogen and oxygen atoms in total. The summed E-state index contributed by atoms with van der Waals surface area (Å²) in [7, 11) is 0. The Morgan fingerprint density at radius 1 is 0.923 bits per heavy atom. The smallest absolute Gasteiger partial charge is 0.270 e. The number of carbonyl (C=O) groups excluding carboxylic acids is 3. The summed E-state index contributed by atoms with van der Waals surface area (Å²) < 4.78 is 1.23. The highest BCUT2D eigenvalue weighted by molar-refractivity contribution is 6.23. The number of aromatic nitrogens is 2. The quantitative estimate of drug-likeness (QED) is 0.683. The summed E-state index contributed by atoms with van der Waals surface area (Å²) in [6.45, 7) is 3.63. The molecule has 0 aliphatic carbocycles. The lowest BCUT2D eigenvalue weighted by atomic mass is 10.0. The van der Waals surface area contributed by atoms with Crippen molar-refractivity contribution in [2.24, 2.45) is 5.92 Å². The molecule has 2 heterocycles. The number of carbonyl (C=O) groups is 3. The largest absolute Gasteiger partial charge is 0.270 e. The lowest BCUT2D eigenvalue weighted by Gasteiger charge is -2.27. The maximum atomic E-state index is 13.1. The Bertz CT molecular complexity index is 983. The minimum atomic E-state index is -0.920. The molecule has 1 unspecified atom stereocenters. The van der Waals surface area contributed by atoms with E-state index in [0.29, 0.717) is 16.6 Å². The van der Waals surface area contributed by atoms with Gasteiger partial charge in [0.2, 0.25) is 0 Å². The van der Waals surface area contributed by atoms with Gasteiger partial charge in [0.1, 0.15) is 6.04 Å². The van der Waals surface area contributed by atoms with Gasteiger partial charge in [-0.2, -0.15) is 5.10 Å². The van der Waals surface area contributed by atoms with Gasteiger partial charge in [0, 0.05) is 11.6 Å². The average Bonchev–Trinajstić information content (AvgIpc) is 3.17. The van der Waals surface area contributed by atoms with E-state index in [1.807, 2.05) is 38.1 Å². The predicted molar refractivity (Wildman–Crippen MR) is 95.9 cm³/mol. The Morgan fingerprint density at radius 2 is 1.50 bits per heavy atom. The number of hydrogen-bond donors (Lipinski definition) is 0. The molecule has 0 saturated heterocycles.